The molecule has 2 rings (SSSR count). The minimum atomic E-state index is 0.399. The molecule has 2 nitrogen and oxygen atoms in total. The zero-order chi connectivity index (χ0) is 13.7. The van der Waals surface area contributed by atoms with Gasteiger partial charge in [0.25, 0.3) is 0 Å². The molecule has 1 aromatic rings. The average molecular weight is 325 g/mol. The molecule has 0 radical (unpaired) electrons. The highest BCUT2D eigenvalue weighted by Crippen LogP contribution is 2.29. The van der Waals surface area contributed by atoms with E-state index in [0.29, 0.717) is 12.6 Å². The summed E-state index contributed by atoms with van der Waals surface area (Å²) in [6, 6.07) is 6.83. The standard InChI is InChI=1S/C16H25BrN2/c1-12-8-9-14(17)15(10-12)19-16(11-18)13-6-4-2-3-5-7-13/h8-10,13,16,19H,2-7,11,18H2,1H3. The number of halogens is 1. The fourth-order valence-electron chi connectivity index (χ4n) is 3.03. The van der Waals surface area contributed by atoms with E-state index < -0.39 is 0 Å². The second-order valence-corrected chi connectivity index (χ2v) is 6.58. The van der Waals surface area contributed by atoms with E-state index in [1.54, 1.807) is 0 Å². The Bertz CT molecular complexity index is 398. The number of aryl methyl sites for hydroxylation is 1. The average Bonchev–Trinajstić information content (AvgIpc) is 2.68. The molecule has 1 fully saturated rings. The number of rotatable bonds is 4. The van der Waals surface area contributed by atoms with Gasteiger partial charge in [0, 0.05) is 22.7 Å². The summed E-state index contributed by atoms with van der Waals surface area (Å²) >= 11 is 3.62. The molecule has 3 heteroatoms. The first kappa shape index (κ1) is 14.9. The van der Waals surface area contributed by atoms with Gasteiger partial charge < -0.3 is 11.1 Å². The maximum atomic E-state index is 6.01. The number of hydrogen-bond acceptors (Lipinski definition) is 2. The van der Waals surface area contributed by atoms with Gasteiger partial charge in [-0.2, -0.15) is 0 Å². The van der Waals surface area contributed by atoms with E-state index in [1.165, 1.54) is 49.8 Å². The predicted molar refractivity (Wildman–Crippen MR) is 86.5 cm³/mol. The molecule has 0 aromatic heterocycles. The molecule has 0 heterocycles. The van der Waals surface area contributed by atoms with Crippen LogP contribution in [-0.2, 0) is 0 Å². The van der Waals surface area contributed by atoms with Crippen molar-refractivity contribution in [1.29, 1.82) is 0 Å². The van der Waals surface area contributed by atoms with Gasteiger partial charge in [-0.1, -0.05) is 31.7 Å². The number of nitrogens with two attached hydrogens (primary N) is 1. The van der Waals surface area contributed by atoms with Crippen LogP contribution in [0.2, 0.25) is 0 Å². The first-order valence-electron chi connectivity index (χ1n) is 7.43. The van der Waals surface area contributed by atoms with Crippen LogP contribution in [-0.4, -0.2) is 12.6 Å². The second-order valence-electron chi connectivity index (χ2n) is 5.72. The van der Waals surface area contributed by atoms with E-state index in [0.717, 1.165) is 10.4 Å². The number of benzene rings is 1. The first-order valence-corrected chi connectivity index (χ1v) is 8.23. The molecular weight excluding hydrogens is 300 g/mol. The van der Waals surface area contributed by atoms with Crippen LogP contribution in [0.4, 0.5) is 5.69 Å². The third kappa shape index (κ3) is 4.22. The lowest BCUT2D eigenvalue weighted by molar-refractivity contribution is 0.398. The summed E-state index contributed by atoms with van der Waals surface area (Å²) in [5, 5.41) is 3.66. The predicted octanol–water partition coefficient (Wildman–Crippen LogP) is 4.47. The Balaban J connectivity index is 2.07. The van der Waals surface area contributed by atoms with Crippen LogP contribution in [0.15, 0.2) is 22.7 Å². The van der Waals surface area contributed by atoms with Crippen LogP contribution >= 0.6 is 15.9 Å². The van der Waals surface area contributed by atoms with Gasteiger partial charge in [0.05, 0.1) is 0 Å². The minimum absolute atomic E-state index is 0.399. The number of anilines is 1. The molecule has 1 atom stereocenters. The lowest BCUT2D eigenvalue weighted by Gasteiger charge is -2.27. The van der Waals surface area contributed by atoms with E-state index in [1.807, 2.05) is 0 Å². The lowest BCUT2D eigenvalue weighted by Crippen LogP contribution is -2.36. The largest absolute Gasteiger partial charge is 0.380 e. The second kappa shape index (κ2) is 7.30. The Hall–Kier alpha value is -0.540. The van der Waals surface area contributed by atoms with E-state index >= 15 is 0 Å². The van der Waals surface area contributed by atoms with Gasteiger partial charge in [0.2, 0.25) is 0 Å². The summed E-state index contributed by atoms with van der Waals surface area (Å²) in [6.07, 6.45) is 8.14. The van der Waals surface area contributed by atoms with Crippen molar-refractivity contribution in [1.82, 2.24) is 0 Å². The quantitative estimate of drug-likeness (QED) is 0.802. The van der Waals surface area contributed by atoms with Crippen molar-refractivity contribution in [2.24, 2.45) is 11.7 Å². The summed E-state index contributed by atoms with van der Waals surface area (Å²) in [4.78, 5) is 0. The topological polar surface area (TPSA) is 38.0 Å². The van der Waals surface area contributed by atoms with Crippen molar-refractivity contribution in [3.05, 3.63) is 28.2 Å². The Morgan fingerprint density at radius 2 is 1.95 bits per heavy atom. The molecule has 0 bridgehead atoms. The zero-order valence-corrected chi connectivity index (χ0v) is 13.4. The summed E-state index contributed by atoms with van der Waals surface area (Å²) in [7, 11) is 0. The van der Waals surface area contributed by atoms with Crippen LogP contribution in [0, 0.1) is 12.8 Å². The number of hydrogen-bond donors (Lipinski definition) is 2. The molecule has 0 saturated heterocycles. The van der Waals surface area contributed by atoms with Gasteiger partial charge in [-0.05, 0) is 59.3 Å². The fraction of sp³-hybridized carbons (Fsp3) is 0.625. The van der Waals surface area contributed by atoms with Crippen molar-refractivity contribution in [2.45, 2.75) is 51.5 Å². The monoisotopic (exact) mass is 324 g/mol. The van der Waals surface area contributed by atoms with Gasteiger partial charge >= 0.3 is 0 Å². The fourth-order valence-corrected chi connectivity index (χ4v) is 3.39. The van der Waals surface area contributed by atoms with Gasteiger partial charge in [-0.3, -0.25) is 0 Å². The highest BCUT2D eigenvalue weighted by Gasteiger charge is 2.22. The third-order valence-electron chi connectivity index (χ3n) is 4.19. The molecule has 1 aliphatic carbocycles. The van der Waals surface area contributed by atoms with Gasteiger partial charge in [-0.25, -0.2) is 0 Å². The van der Waals surface area contributed by atoms with E-state index in [2.05, 4.69) is 46.4 Å². The smallest absolute Gasteiger partial charge is 0.0489 e. The van der Waals surface area contributed by atoms with Crippen LogP contribution in [0.3, 0.4) is 0 Å². The molecule has 3 N–H and O–H groups in total. The maximum absolute atomic E-state index is 6.01. The molecule has 0 spiro atoms. The van der Waals surface area contributed by atoms with Crippen molar-refractivity contribution < 1.29 is 0 Å². The van der Waals surface area contributed by atoms with Gasteiger partial charge in [0.15, 0.2) is 0 Å². The van der Waals surface area contributed by atoms with E-state index in [9.17, 15) is 0 Å². The molecule has 106 valence electrons. The van der Waals surface area contributed by atoms with Gasteiger partial charge in [0.1, 0.15) is 0 Å². The summed E-state index contributed by atoms with van der Waals surface area (Å²) in [5.41, 5.74) is 8.47. The Kier molecular flexibility index (Phi) is 5.71. The normalized spacial score (nSPS) is 18.9. The molecule has 0 amide bonds. The Morgan fingerprint density at radius 3 is 2.58 bits per heavy atom. The van der Waals surface area contributed by atoms with Crippen LogP contribution in [0.1, 0.15) is 44.1 Å². The molecular formula is C16H25BrN2. The summed E-state index contributed by atoms with van der Waals surface area (Å²) < 4.78 is 1.13. The van der Waals surface area contributed by atoms with Crippen molar-refractivity contribution in [3.8, 4) is 0 Å². The van der Waals surface area contributed by atoms with Crippen molar-refractivity contribution >= 4 is 21.6 Å². The Labute approximate surface area is 125 Å². The van der Waals surface area contributed by atoms with Crippen LogP contribution < -0.4 is 11.1 Å². The molecule has 1 aliphatic rings. The number of nitrogens with one attached hydrogen (secondary N) is 1. The van der Waals surface area contributed by atoms with E-state index in [4.69, 9.17) is 5.73 Å². The zero-order valence-electron chi connectivity index (χ0n) is 11.8. The minimum Gasteiger partial charge on any atom is -0.380 e. The first-order chi connectivity index (χ1) is 9.20. The SMILES string of the molecule is Cc1ccc(Br)c(NC(CN)C2CCCCCC2)c1. The lowest BCUT2D eigenvalue weighted by atomic mass is 9.91. The van der Waals surface area contributed by atoms with Crippen molar-refractivity contribution in [2.75, 3.05) is 11.9 Å². The third-order valence-corrected chi connectivity index (χ3v) is 4.88. The van der Waals surface area contributed by atoms with E-state index in [-0.39, 0.29) is 0 Å². The van der Waals surface area contributed by atoms with Crippen molar-refractivity contribution in [3.63, 3.8) is 0 Å². The molecule has 0 aliphatic heterocycles. The molecule has 19 heavy (non-hydrogen) atoms. The molecule has 1 saturated carbocycles. The van der Waals surface area contributed by atoms with Gasteiger partial charge in [-0.15, -0.1) is 0 Å². The molecule has 1 unspecified atom stereocenters. The Morgan fingerprint density at radius 1 is 1.26 bits per heavy atom. The maximum Gasteiger partial charge on any atom is 0.0489 e. The van der Waals surface area contributed by atoms with Crippen LogP contribution in [0.5, 0.6) is 0 Å². The highest BCUT2D eigenvalue weighted by molar-refractivity contribution is 9.10. The molecule has 1 aromatic carbocycles. The highest BCUT2D eigenvalue weighted by atomic mass is 79.9. The summed E-state index contributed by atoms with van der Waals surface area (Å²) in [6.45, 7) is 2.84. The summed E-state index contributed by atoms with van der Waals surface area (Å²) in [5.74, 6) is 0.722. The van der Waals surface area contributed by atoms with Crippen LogP contribution in [0.25, 0.3) is 0 Å².